The van der Waals surface area contributed by atoms with Crippen LogP contribution >= 0.6 is 0 Å². The molecule has 0 saturated heterocycles. The molecule has 2 amide bonds. The van der Waals surface area contributed by atoms with Crippen LogP contribution in [0.15, 0.2) is 65.6 Å². The Morgan fingerprint density at radius 2 is 1.54 bits per heavy atom. The fourth-order valence-corrected chi connectivity index (χ4v) is 4.76. The molecule has 0 aliphatic carbocycles. The Bertz CT molecular complexity index is 1370. The molecular formula is C27H31N3O4S. The maximum Gasteiger partial charge on any atom is 0.262 e. The number of carbonyl (C=O) groups is 2. The number of hydrogen-bond acceptors (Lipinski definition) is 4. The van der Waals surface area contributed by atoms with Crippen LogP contribution in [0.4, 0.5) is 11.4 Å². The second kappa shape index (κ2) is 10.7. The number of sulfonamides is 1. The number of hydrogen-bond donors (Lipinski definition) is 3. The second-order valence-corrected chi connectivity index (χ2v) is 10.3. The Kier molecular flexibility index (Phi) is 7.96. The smallest absolute Gasteiger partial charge is 0.262 e. The van der Waals surface area contributed by atoms with Crippen LogP contribution in [0.1, 0.15) is 57.7 Å². The van der Waals surface area contributed by atoms with Gasteiger partial charge in [-0.25, -0.2) is 8.42 Å². The van der Waals surface area contributed by atoms with Gasteiger partial charge in [0.25, 0.3) is 21.8 Å². The van der Waals surface area contributed by atoms with Crippen molar-refractivity contribution in [3.05, 3.63) is 88.5 Å². The molecule has 3 rings (SSSR count). The van der Waals surface area contributed by atoms with E-state index in [1.165, 1.54) is 6.07 Å². The van der Waals surface area contributed by atoms with E-state index in [2.05, 4.69) is 15.4 Å². The zero-order valence-corrected chi connectivity index (χ0v) is 21.4. The van der Waals surface area contributed by atoms with Crippen LogP contribution in [0, 0.1) is 20.8 Å². The standard InChI is InChI=1S/C27H31N3O4S/c1-6-20(5)28-27(32)23-9-7-8-10-24(23)29-26(31)21-13-11-18(3)25(16-21)35(33,34)30-22-14-12-17(2)19(4)15-22/h7-16,20,30H,6H2,1-5H3,(H,28,32)(H,29,31)/t20-/m1/s1. The fraction of sp³-hybridized carbons (Fsp3) is 0.259. The lowest BCUT2D eigenvalue weighted by Crippen LogP contribution is -2.32. The molecule has 3 aromatic rings. The van der Waals surface area contributed by atoms with E-state index in [1.807, 2.05) is 33.8 Å². The summed E-state index contributed by atoms with van der Waals surface area (Å²) in [7, 11) is -3.93. The Labute approximate surface area is 207 Å². The van der Waals surface area contributed by atoms with Gasteiger partial charge >= 0.3 is 0 Å². The minimum Gasteiger partial charge on any atom is -0.350 e. The Morgan fingerprint density at radius 1 is 0.857 bits per heavy atom. The van der Waals surface area contributed by atoms with Crippen molar-refractivity contribution >= 4 is 33.2 Å². The first-order chi connectivity index (χ1) is 16.5. The average Bonchev–Trinajstić information content (AvgIpc) is 2.81. The molecule has 0 fully saturated rings. The van der Waals surface area contributed by atoms with Crippen LogP contribution in [-0.2, 0) is 10.0 Å². The van der Waals surface area contributed by atoms with Crippen LogP contribution in [0.2, 0.25) is 0 Å². The summed E-state index contributed by atoms with van der Waals surface area (Å²) in [6, 6.07) is 16.5. The number of rotatable bonds is 8. The van der Waals surface area contributed by atoms with Gasteiger partial charge in [0.05, 0.1) is 16.1 Å². The Balaban J connectivity index is 1.87. The number of nitrogens with one attached hydrogen (secondary N) is 3. The van der Waals surface area contributed by atoms with Gasteiger partial charge in [0.1, 0.15) is 0 Å². The third-order valence-electron chi connectivity index (χ3n) is 5.91. The topological polar surface area (TPSA) is 104 Å². The SMILES string of the molecule is CC[C@@H](C)NC(=O)c1ccccc1NC(=O)c1ccc(C)c(S(=O)(=O)Nc2ccc(C)c(C)c2)c1. The summed E-state index contributed by atoms with van der Waals surface area (Å²) in [6.07, 6.45) is 0.775. The lowest BCUT2D eigenvalue weighted by Gasteiger charge is -2.15. The van der Waals surface area contributed by atoms with Crippen molar-refractivity contribution in [3.63, 3.8) is 0 Å². The summed E-state index contributed by atoms with van der Waals surface area (Å²) in [5, 5.41) is 5.63. The second-order valence-electron chi connectivity index (χ2n) is 8.67. The number of anilines is 2. The van der Waals surface area contributed by atoms with Crippen molar-refractivity contribution < 1.29 is 18.0 Å². The van der Waals surface area contributed by atoms with E-state index in [-0.39, 0.29) is 22.4 Å². The van der Waals surface area contributed by atoms with Crippen molar-refractivity contribution in [2.45, 2.75) is 52.0 Å². The molecule has 35 heavy (non-hydrogen) atoms. The van der Waals surface area contributed by atoms with E-state index in [0.717, 1.165) is 17.5 Å². The third kappa shape index (κ3) is 6.27. The van der Waals surface area contributed by atoms with Gasteiger partial charge in [-0.3, -0.25) is 14.3 Å². The maximum atomic E-state index is 13.1. The quantitative estimate of drug-likeness (QED) is 0.401. The van der Waals surface area contributed by atoms with Crippen LogP contribution in [-0.4, -0.2) is 26.3 Å². The van der Waals surface area contributed by atoms with Crippen LogP contribution in [0.25, 0.3) is 0 Å². The van der Waals surface area contributed by atoms with Gasteiger partial charge in [-0.05, 0) is 87.2 Å². The van der Waals surface area contributed by atoms with Crippen molar-refractivity contribution in [1.29, 1.82) is 0 Å². The lowest BCUT2D eigenvalue weighted by molar-refractivity contribution is 0.0940. The van der Waals surface area contributed by atoms with Gasteiger partial charge in [0.15, 0.2) is 0 Å². The minimum atomic E-state index is -3.93. The molecule has 0 aliphatic rings. The number of benzene rings is 3. The molecule has 1 atom stereocenters. The molecule has 7 nitrogen and oxygen atoms in total. The monoisotopic (exact) mass is 493 g/mol. The highest BCUT2D eigenvalue weighted by Crippen LogP contribution is 2.23. The summed E-state index contributed by atoms with van der Waals surface area (Å²) in [5.74, 6) is -0.809. The van der Waals surface area contributed by atoms with Crippen molar-refractivity contribution in [1.82, 2.24) is 5.32 Å². The van der Waals surface area contributed by atoms with E-state index in [0.29, 0.717) is 22.5 Å². The predicted molar refractivity (Wildman–Crippen MR) is 140 cm³/mol. The summed E-state index contributed by atoms with van der Waals surface area (Å²) in [5.41, 5.74) is 3.81. The molecule has 3 aromatic carbocycles. The zero-order chi connectivity index (χ0) is 25.8. The summed E-state index contributed by atoms with van der Waals surface area (Å²) in [4.78, 5) is 25.7. The van der Waals surface area contributed by atoms with E-state index in [1.54, 1.807) is 55.5 Å². The molecule has 0 radical (unpaired) electrons. The highest BCUT2D eigenvalue weighted by atomic mass is 32.2. The molecule has 0 aromatic heterocycles. The summed E-state index contributed by atoms with van der Waals surface area (Å²) < 4.78 is 28.9. The normalized spacial score (nSPS) is 12.0. The first kappa shape index (κ1) is 26.0. The molecule has 0 bridgehead atoms. The molecule has 0 saturated carbocycles. The zero-order valence-electron chi connectivity index (χ0n) is 20.6. The van der Waals surface area contributed by atoms with Crippen molar-refractivity contribution in [2.24, 2.45) is 0 Å². The van der Waals surface area contributed by atoms with Gasteiger partial charge in [-0.2, -0.15) is 0 Å². The molecule has 184 valence electrons. The van der Waals surface area contributed by atoms with Gasteiger partial charge in [0, 0.05) is 17.3 Å². The third-order valence-corrected chi connectivity index (χ3v) is 7.43. The molecule has 0 unspecified atom stereocenters. The van der Waals surface area contributed by atoms with Gasteiger partial charge in [0.2, 0.25) is 0 Å². The number of aryl methyl sites for hydroxylation is 3. The largest absolute Gasteiger partial charge is 0.350 e. The molecular weight excluding hydrogens is 462 g/mol. The fourth-order valence-electron chi connectivity index (χ4n) is 3.43. The van der Waals surface area contributed by atoms with Crippen LogP contribution in [0.5, 0.6) is 0 Å². The summed E-state index contributed by atoms with van der Waals surface area (Å²) in [6.45, 7) is 9.40. The molecule has 0 heterocycles. The summed E-state index contributed by atoms with van der Waals surface area (Å²) >= 11 is 0. The first-order valence-electron chi connectivity index (χ1n) is 11.4. The van der Waals surface area contributed by atoms with Crippen LogP contribution < -0.4 is 15.4 Å². The number of amides is 2. The van der Waals surface area contributed by atoms with E-state index in [4.69, 9.17) is 0 Å². The van der Waals surface area contributed by atoms with E-state index in [9.17, 15) is 18.0 Å². The minimum absolute atomic E-state index is 0.00572. The lowest BCUT2D eigenvalue weighted by atomic mass is 10.1. The Hall–Kier alpha value is -3.65. The van der Waals surface area contributed by atoms with E-state index >= 15 is 0 Å². The Morgan fingerprint density at radius 3 is 2.23 bits per heavy atom. The molecule has 3 N–H and O–H groups in total. The highest BCUT2D eigenvalue weighted by molar-refractivity contribution is 7.92. The maximum absolute atomic E-state index is 13.1. The number of para-hydroxylation sites is 1. The molecule has 0 spiro atoms. The average molecular weight is 494 g/mol. The van der Waals surface area contributed by atoms with E-state index < -0.39 is 15.9 Å². The van der Waals surface area contributed by atoms with Gasteiger partial charge < -0.3 is 10.6 Å². The van der Waals surface area contributed by atoms with Crippen molar-refractivity contribution in [3.8, 4) is 0 Å². The predicted octanol–water partition coefficient (Wildman–Crippen LogP) is 5.19. The molecule has 0 aliphatic heterocycles. The van der Waals surface area contributed by atoms with Crippen LogP contribution in [0.3, 0.4) is 0 Å². The van der Waals surface area contributed by atoms with Gasteiger partial charge in [-0.1, -0.05) is 31.2 Å². The number of carbonyl (C=O) groups excluding carboxylic acids is 2. The highest BCUT2D eigenvalue weighted by Gasteiger charge is 2.21. The molecule has 8 heteroatoms. The first-order valence-corrected chi connectivity index (χ1v) is 12.9. The van der Waals surface area contributed by atoms with Crippen molar-refractivity contribution in [2.75, 3.05) is 10.0 Å². The van der Waals surface area contributed by atoms with Gasteiger partial charge in [-0.15, -0.1) is 0 Å².